The van der Waals surface area contributed by atoms with Crippen LogP contribution in [0.4, 0.5) is 10.1 Å². The maximum Gasteiger partial charge on any atom is 0.253 e. The minimum absolute atomic E-state index is 0.0602. The van der Waals surface area contributed by atoms with Crippen molar-refractivity contribution in [1.82, 2.24) is 10.2 Å². The molecule has 0 bridgehead atoms. The number of likely N-dealkylation sites (N-methyl/N-ethyl adjacent to an activating group) is 1. The van der Waals surface area contributed by atoms with Crippen LogP contribution >= 0.6 is 0 Å². The standard InChI is InChI=1S/C25H26FN3O2/c1-18(19-10-4-3-5-11-19)27-25(31)21-13-7-9-15-23(21)28-24(30)17-29(2)16-20-12-6-8-14-22(20)26/h3-15,18H,16-17H2,1-2H3,(H,27,31)(H,28,30). The Morgan fingerprint density at radius 1 is 0.935 bits per heavy atom. The van der Waals surface area contributed by atoms with Crippen molar-refractivity contribution in [2.75, 3.05) is 18.9 Å². The van der Waals surface area contributed by atoms with Crippen LogP contribution in [0.1, 0.15) is 34.5 Å². The Bertz CT molecular complexity index is 1040. The number of benzene rings is 3. The monoisotopic (exact) mass is 419 g/mol. The fourth-order valence-corrected chi connectivity index (χ4v) is 3.30. The van der Waals surface area contributed by atoms with Crippen molar-refractivity contribution in [3.63, 3.8) is 0 Å². The minimum atomic E-state index is -0.302. The molecule has 1 atom stereocenters. The molecule has 2 N–H and O–H groups in total. The van der Waals surface area contributed by atoms with Crippen LogP contribution in [-0.4, -0.2) is 30.3 Å². The third-order valence-electron chi connectivity index (χ3n) is 4.90. The zero-order valence-electron chi connectivity index (χ0n) is 17.6. The van der Waals surface area contributed by atoms with E-state index >= 15 is 0 Å². The van der Waals surface area contributed by atoms with E-state index in [4.69, 9.17) is 0 Å². The van der Waals surface area contributed by atoms with Crippen LogP contribution in [0.3, 0.4) is 0 Å². The van der Waals surface area contributed by atoms with E-state index in [2.05, 4.69) is 10.6 Å². The summed E-state index contributed by atoms with van der Waals surface area (Å²) in [4.78, 5) is 27.1. The average Bonchev–Trinajstić information content (AvgIpc) is 2.76. The molecule has 0 saturated heterocycles. The van der Waals surface area contributed by atoms with Crippen molar-refractivity contribution in [3.05, 3.63) is 101 Å². The van der Waals surface area contributed by atoms with E-state index in [1.54, 1.807) is 54.4 Å². The summed E-state index contributed by atoms with van der Waals surface area (Å²) in [5, 5.41) is 5.76. The molecule has 0 fully saturated rings. The molecule has 6 heteroatoms. The smallest absolute Gasteiger partial charge is 0.253 e. The van der Waals surface area contributed by atoms with Crippen molar-refractivity contribution in [3.8, 4) is 0 Å². The highest BCUT2D eigenvalue weighted by Crippen LogP contribution is 2.18. The molecule has 3 rings (SSSR count). The van der Waals surface area contributed by atoms with E-state index in [1.165, 1.54) is 6.07 Å². The molecule has 1 unspecified atom stereocenters. The van der Waals surface area contributed by atoms with E-state index in [0.29, 0.717) is 23.4 Å². The van der Waals surface area contributed by atoms with Gasteiger partial charge in [0.15, 0.2) is 0 Å². The van der Waals surface area contributed by atoms with Crippen LogP contribution in [0.5, 0.6) is 0 Å². The van der Waals surface area contributed by atoms with Crippen LogP contribution < -0.4 is 10.6 Å². The zero-order chi connectivity index (χ0) is 22.2. The summed E-state index contributed by atoms with van der Waals surface area (Å²) in [5.41, 5.74) is 2.33. The quantitative estimate of drug-likeness (QED) is 0.569. The molecule has 0 radical (unpaired) electrons. The summed E-state index contributed by atoms with van der Waals surface area (Å²) in [6.45, 7) is 2.27. The summed E-state index contributed by atoms with van der Waals surface area (Å²) in [6.07, 6.45) is 0. The minimum Gasteiger partial charge on any atom is -0.345 e. The van der Waals surface area contributed by atoms with Crippen LogP contribution in [0.15, 0.2) is 78.9 Å². The fourth-order valence-electron chi connectivity index (χ4n) is 3.30. The second kappa shape index (κ2) is 10.5. The first-order valence-corrected chi connectivity index (χ1v) is 10.1. The van der Waals surface area contributed by atoms with E-state index < -0.39 is 0 Å². The molecule has 5 nitrogen and oxygen atoms in total. The first-order chi connectivity index (χ1) is 14.9. The number of halogens is 1. The van der Waals surface area contributed by atoms with Gasteiger partial charge in [-0.2, -0.15) is 0 Å². The summed E-state index contributed by atoms with van der Waals surface area (Å²) in [6, 6.07) is 22.8. The van der Waals surface area contributed by atoms with Crippen molar-refractivity contribution >= 4 is 17.5 Å². The molecule has 0 heterocycles. The van der Waals surface area contributed by atoms with Gasteiger partial charge in [0.05, 0.1) is 23.8 Å². The van der Waals surface area contributed by atoms with Gasteiger partial charge in [-0.3, -0.25) is 14.5 Å². The number of carbonyl (C=O) groups is 2. The van der Waals surface area contributed by atoms with Gasteiger partial charge in [-0.05, 0) is 37.7 Å². The molecule has 2 amide bonds. The molecule has 3 aromatic rings. The van der Waals surface area contributed by atoms with E-state index in [9.17, 15) is 14.0 Å². The highest BCUT2D eigenvalue weighted by atomic mass is 19.1. The van der Waals surface area contributed by atoms with Gasteiger partial charge in [0.2, 0.25) is 5.91 Å². The van der Waals surface area contributed by atoms with Gasteiger partial charge in [0, 0.05) is 12.1 Å². The second-order valence-corrected chi connectivity index (χ2v) is 7.46. The summed E-state index contributed by atoms with van der Waals surface area (Å²) in [7, 11) is 1.74. The predicted octanol–water partition coefficient (Wildman–Crippen LogP) is 4.39. The van der Waals surface area contributed by atoms with E-state index in [-0.39, 0.29) is 30.2 Å². The molecule has 0 aliphatic heterocycles. The zero-order valence-corrected chi connectivity index (χ0v) is 17.6. The van der Waals surface area contributed by atoms with Crippen LogP contribution in [0.25, 0.3) is 0 Å². The lowest BCUT2D eigenvalue weighted by Crippen LogP contribution is -2.31. The summed E-state index contributed by atoms with van der Waals surface area (Å²) < 4.78 is 13.8. The van der Waals surface area contributed by atoms with Gasteiger partial charge in [-0.25, -0.2) is 4.39 Å². The van der Waals surface area contributed by atoms with E-state index in [1.807, 2.05) is 37.3 Å². The van der Waals surface area contributed by atoms with Crippen molar-refractivity contribution in [2.24, 2.45) is 0 Å². The number of hydrogen-bond acceptors (Lipinski definition) is 3. The summed E-state index contributed by atoms with van der Waals surface area (Å²) in [5.74, 6) is -0.855. The molecule has 0 aliphatic rings. The number of anilines is 1. The van der Waals surface area contributed by atoms with Crippen molar-refractivity contribution in [2.45, 2.75) is 19.5 Å². The SMILES string of the molecule is CC(NC(=O)c1ccccc1NC(=O)CN(C)Cc1ccccc1F)c1ccccc1. The molecule has 160 valence electrons. The highest BCUT2D eigenvalue weighted by Gasteiger charge is 2.17. The number of hydrogen-bond donors (Lipinski definition) is 2. The van der Waals surface area contributed by atoms with Crippen molar-refractivity contribution in [1.29, 1.82) is 0 Å². The van der Waals surface area contributed by atoms with Crippen LogP contribution in [0.2, 0.25) is 0 Å². The molecular weight excluding hydrogens is 393 g/mol. The Labute approximate surface area is 181 Å². The fraction of sp³-hybridized carbons (Fsp3) is 0.200. The van der Waals surface area contributed by atoms with Crippen LogP contribution in [0, 0.1) is 5.82 Å². The lowest BCUT2D eigenvalue weighted by Gasteiger charge is -2.18. The largest absolute Gasteiger partial charge is 0.345 e. The number of amides is 2. The predicted molar refractivity (Wildman–Crippen MR) is 120 cm³/mol. The van der Waals surface area contributed by atoms with Gasteiger partial charge in [-0.1, -0.05) is 60.7 Å². The maximum atomic E-state index is 13.8. The maximum absolute atomic E-state index is 13.8. The number of rotatable bonds is 8. The average molecular weight is 420 g/mol. The van der Waals surface area contributed by atoms with Crippen LogP contribution in [-0.2, 0) is 11.3 Å². The van der Waals surface area contributed by atoms with Gasteiger partial charge >= 0.3 is 0 Å². The molecule has 0 saturated carbocycles. The molecule has 31 heavy (non-hydrogen) atoms. The number of carbonyl (C=O) groups excluding carboxylic acids is 2. The molecule has 0 spiro atoms. The lowest BCUT2D eigenvalue weighted by molar-refractivity contribution is -0.117. The first kappa shape index (κ1) is 22.2. The number of para-hydroxylation sites is 1. The Hall–Kier alpha value is -3.51. The number of nitrogens with one attached hydrogen (secondary N) is 2. The molecule has 0 aromatic heterocycles. The lowest BCUT2D eigenvalue weighted by atomic mass is 10.1. The molecule has 3 aromatic carbocycles. The van der Waals surface area contributed by atoms with Gasteiger partial charge in [0.1, 0.15) is 5.82 Å². The Morgan fingerprint density at radius 3 is 2.32 bits per heavy atom. The normalized spacial score (nSPS) is 11.7. The van der Waals surface area contributed by atoms with Gasteiger partial charge in [-0.15, -0.1) is 0 Å². The highest BCUT2D eigenvalue weighted by molar-refractivity contribution is 6.04. The Kier molecular flexibility index (Phi) is 7.51. The van der Waals surface area contributed by atoms with Gasteiger partial charge in [0.25, 0.3) is 5.91 Å². The van der Waals surface area contributed by atoms with Gasteiger partial charge < -0.3 is 10.6 Å². The second-order valence-electron chi connectivity index (χ2n) is 7.46. The molecular formula is C25H26FN3O2. The number of nitrogens with zero attached hydrogens (tertiary/aromatic N) is 1. The first-order valence-electron chi connectivity index (χ1n) is 10.1. The van der Waals surface area contributed by atoms with E-state index in [0.717, 1.165) is 5.56 Å². The third kappa shape index (κ3) is 6.23. The van der Waals surface area contributed by atoms with Crippen molar-refractivity contribution < 1.29 is 14.0 Å². The topological polar surface area (TPSA) is 61.4 Å². The summed E-state index contributed by atoms with van der Waals surface area (Å²) >= 11 is 0. The third-order valence-corrected chi connectivity index (χ3v) is 4.90. The molecule has 0 aliphatic carbocycles. The Morgan fingerprint density at radius 2 is 1.58 bits per heavy atom. The Balaban J connectivity index is 1.62.